The number of amides is 2. The molecule has 0 unspecified atom stereocenters. The first-order valence-electron chi connectivity index (χ1n) is 6.49. The van der Waals surface area contributed by atoms with E-state index in [1.165, 1.54) is 24.1 Å². The van der Waals surface area contributed by atoms with Gasteiger partial charge in [0.1, 0.15) is 5.75 Å². The Morgan fingerprint density at radius 3 is 2.55 bits per heavy atom. The minimum absolute atomic E-state index is 0.106. The van der Waals surface area contributed by atoms with Crippen molar-refractivity contribution in [2.45, 2.75) is 13.3 Å². The van der Waals surface area contributed by atoms with E-state index in [4.69, 9.17) is 4.74 Å². The van der Waals surface area contributed by atoms with Gasteiger partial charge in [0.25, 0.3) is 0 Å². The minimum atomic E-state index is -0.655. The molecule has 0 aliphatic heterocycles. The Labute approximate surface area is 118 Å². The van der Waals surface area contributed by atoms with Gasteiger partial charge in [0.05, 0.1) is 0 Å². The minimum Gasteiger partial charge on any atom is -0.508 e. The van der Waals surface area contributed by atoms with Gasteiger partial charge in [0, 0.05) is 32.5 Å². The SMILES string of the molecule is CCOCCCNC(=O)C(=O)N(C)c1ccc(O)cc1. The fraction of sp³-hybridized carbons (Fsp3) is 0.429. The monoisotopic (exact) mass is 280 g/mol. The third-order valence-corrected chi connectivity index (χ3v) is 2.69. The van der Waals surface area contributed by atoms with E-state index in [9.17, 15) is 14.7 Å². The zero-order valence-corrected chi connectivity index (χ0v) is 11.8. The highest BCUT2D eigenvalue weighted by atomic mass is 16.5. The maximum atomic E-state index is 11.9. The van der Waals surface area contributed by atoms with E-state index in [1.54, 1.807) is 12.1 Å². The summed E-state index contributed by atoms with van der Waals surface area (Å²) in [4.78, 5) is 24.8. The lowest BCUT2D eigenvalue weighted by Gasteiger charge is -2.16. The van der Waals surface area contributed by atoms with Gasteiger partial charge in [-0.05, 0) is 37.6 Å². The van der Waals surface area contributed by atoms with Crippen molar-refractivity contribution in [1.29, 1.82) is 0 Å². The van der Waals surface area contributed by atoms with Crippen LogP contribution in [0.25, 0.3) is 0 Å². The maximum absolute atomic E-state index is 11.9. The number of rotatable bonds is 6. The highest BCUT2D eigenvalue weighted by Crippen LogP contribution is 2.17. The number of phenols is 1. The second-order valence-electron chi connectivity index (χ2n) is 4.19. The third-order valence-electron chi connectivity index (χ3n) is 2.69. The fourth-order valence-electron chi connectivity index (χ4n) is 1.54. The molecule has 0 saturated heterocycles. The second-order valence-corrected chi connectivity index (χ2v) is 4.19. The Kier molecular flexibility index (Phi) is 6.52. The number of benzene rings is 1. The fourth-order valence-corrected chi connectivity index (χ4v) is 1.54. The number of carbonyl (C=O) groups excluding carboxylic acids is 2. The Balaban J connectivity index is 2.43. The van der Waals surface area contributed by atoms with Gasteiger partial charge in [-0.15, -0.1) is 0 Å². The highest BCUT2D eigenvalue weighted by molar-refractivity contribution is 6.40. The maximum Gasteiger partial charge on any atom is 0.316 e. The van der Waals surface area contributed by atoms with E-state index in [1.807, 2.05) is 6.92 Å². The summed E-state index contributed by atoms with van der Waals surface area (Å²) in [5.74, 6) is -1.20. The summed E-state index contributed by atoms with van der Waals surface area (Å²) in [6, 6.07) is 6.05. The lowest BCUT2D eigenvalue weighted by Crippen LogP contribution is -2.41. The summed E-state index contributed by atoms with van der Waals surface area (Å²) in [7, 11) is 1.51. The molecule has 0 spiro atoms. The quantitative estimate of drug-likeness (QED) is 0.599. The van der Waals surface area contributed by atoms with Gasteiger partial charge in [0.2, 0.25) is 0 Å². The van der Waals surface area contributed by atoms with E-state index in [0.717, 1.165) is 0 Å². The van der Waals surface area contributed by atoms with Crippen LogP contribution in [0.3, 0.4) is 0 Å². The molecule has 0 aliphatic rings. The van der Waals surface area contributed by atoms with Crippen LogP contribution in [0.5, 0.6) is 5.75 Å². The van der Waals surface area contributed by atoms with E-state index < -0.39 is 11.8 Å². The summed E-state index contributed by atoms with van der Waals surface area (Å²) in [6.45, 7) is 3.48. The van der Waals surface area contributed by atoms with Crippen molar-refractivity contribution in [3.8, 4) is 5.75 Å². The molecule has 0 aliphatic carbocycles. The summed E-state index contributed by atoms with van der Waals surface area (Å²) < 4.78 is 5.13. The molecule has 110 valence electrons. The van der Waals surface area contributed by atoms with Crippen LogP contribution < -0.4 is 10.2 Å². The zero-order valence-electron chi connectivity index (χ0n) is 11.8. The number of anilines is 1. The molecule has 1 aromatic rings. The van der Waals surface area contributed by atoms with Gasteiger partial charge in [-0.1, -0.05) is 0 Å². The molecule has 1 aromatic carbocycles. The lowest BCUT2D eigenvalue weighted by atomic mass is 10.2. The average Bonchev–Trinajstić information content (AvgIpc) is 2.46. The molecule has 20 heavy (non-hydrogen) atoms. The van der Waals surface area contributed by atoms with E-state index in [0.29, 0.717) is 31.9 Å². The number of carbonyl (C=O) groups is 2. The predicted octanol–water partition coefficient (Wildman–Crippen LogP) is 0.898. The topological polar surface area (TPSA) is 78.9 Å². The molecule has 0 saturated carbocycles. The average molecular weight is 280 g/mol. The summed E-state index contributed by atoms with van der Waals surface area (Å²) in [5, 5.41) is 11.7. The van der Waals surface area contributed by atoms with Crippen molar-refractivity contribution < 1.29 is 19.4 Å². The van der Waals surface area contributed by atoms with E-state index >= 15 is 0 Å². The summed E-state index contributed by atoms with van der Waals surface area (Å²) >= 11 is 0. The van der Waals surface area contributed by atoms with Crippen LogP contribution in [0.15, 0.2) is 24.3 Å². The molecule has 6 nitrogen and oxygen atoms in total. The predicted molar refractivity (Wildman–Crippen MR) is 75.6 cm³/mol. The molecule has 6 heteroatoms. The molecule has 0 aromatic heterocycles. The highest BCUT2D eigenvalue weighted by Gasteiger charge is 2.19. The molecule has 1 rings (SSSR count). The largest absolute Gasteiger partial charge is 0.508 e. The number of hydrogen-bond acceptors (Lipinski definition) is 4. The lowest BCUT2D eigenvalue weighted by molar-refractivity contribution is -0.137. The van der Waals surface area contributed by atoms with Crippen LogP contribution in [0.2, 0.25) is 0 Å². The van der Waals surface area contributed by atoms with E-state index in [2.05, 4.69) is 5.32 Å². The van der Waals surface area contributed by atoms with Gasteiger partial charge in [0.15, 0.2) is 0 Å². The number of nitrogens with one attached hydrogen (secondary N) is 1. The Morgan fingerprint density at radius 2 is 1.95 bits per heavy atom. The molecule has 0 heterocycles. The van der Waals surface area contributed by atoms with Crippen molar-refractivity contribution in [1.82, 2.24) is 5.32 Å². The number of phenolic OH excluding ortho intramolecular Hbond substituents is 1. The Morgan fingerprint density at radius 1 is 1.30 bits per heavy atom. The van der Waals surface area contributed by atoms with Crippen LogP contribution in [-0.4, -0.2) is 43.7 Å². The van der Waals surface area contributed by atoms with Crippen molar-refractivity contribution in [3.63, 3.8) is 0 Å². The van der Waals surface area contributed by atoms with Crippen molar-refractivity contribution in [2.24, 2.45) is 0 Å². The number of hydrogen-bond donors (Lipinski definition) is 2. The molecule has 2 amide bonds. The first kappa shape index (κ1) is 16.0. The van der Waals surface area contributed by atoms with Crippen LogP contribution in [0.1, 0.15) is 13.3 Å². The Hall–Kier alpha value is -2.08. The molecule has 2 N–H and O–H groups in total. The van der Waals surface area contributed by atoms with Crippen LogP contribution in [-0.2, 0) is 14.3 Å². The first-order valence-corrected chi connectivity index (χ1v) is 6.49. The number of ether oxygens (including phenoxy) is 1. The van der Waals surface area contributed by atoms with Crippen molar-refractivity contribution >= 4 is 17.5 Å². The smallest absolute Gasteiger partial charge is 0.316 e. The Bertz CT molecular complexity index is 445. The first-order chi connectivity index (χ1) is 9.56. The summed E-state index contributed by atoms with van der Waals surface area (Å²) in [6.07, 6.45) is 0.662. The molecular weight excluding hydrogens is 260 g/mol. The summed E-state index contributed by atoms with van der Waals surface area (Å²) in [5.41, 5.74) is 0.539. The molecular formula is C14H20N2O4. The van der Waals surface area contributed by atoms with Crippen LogP contribution in [0, 0.1) is 0 Å². The van der Waals surface area contributed by atoms with Gasteiger partial charge >= 0.3 is 11.8 Å². The normalized spacial score (nSPS) is 10.1. The van der Waals surface area contributed by atoms with Crippen molar-refractivity contribution in [3.05, 3.63) is 24.3 Å². The van der Waals surface area contributed by atoms with Gasteiger partial charge < -0.3 is 20.1 Å². The van der Waals surface area contributed by atoms with Gasteiger partial charge in [-0.2, -0.15) is 0 Å². The van der Waals surface area contributed by atoms with Crippen LogP contribution >= 0.6 is 0 Å². The van der Waals surface area contributed by atoms with Crippen molar-refractivity contribution in [2.75, 3.05) is 31.7 Å². The second kappa shape index (κ2) is 8.16. The number of nitrogens with zero attached hydrogens (tertiary/aromatic N) is 1. The molecule has 0 atom stereocenters. The molecule has 0 fully saturated rings. The molecule has 0 bridgehead atoms. The standard InChI is InChI=1S/C14H20N2O4/c1-3-20-10-4-9-15-13(18)14(19)16(2)11-5-7-12(17)8-6-11/h5-8,17H,3-4,9-10H2,1-2H3,(H,15,18). The zero-order chi connectivity index (χ0) is 15.0. The molecule has 0 radical (unpaired) electrons. The number of aromatic hydroxyl groups is 1. The van der Waals surface area contributed by atoms with Gasteiger partial charge in [-0.3, -0.25) is 9.59 Å². The number of likely N-dealkylation sites (N-methyl/N-ethyl adjacent to an activating group) is 1. The van der Waals surface area contributed by atoms with Gasteiger partial charge in [-0.25, -0.2) is 0 Å². The van der Waals surface area contributed by atoms with Crippen LogP contribution in [0.4, 0.5) is 5.69 Å². The van der Waals surface area contributed by atoms with E-state index in [-0.39, 0.29) is 5.75 Å². The third kappa shape index (κ3) is 4.89.